The van der Waals surface area contributed by atoms with Gasteiger partial charge < -0.3 is 39.2 Å². The molecule has 5 saturated heterocycles. The van der Waals surface area contributed by atoms with Crippen molar-refractivity contribution in [3.8, 4) is 0 Å². The highest BCUT2D eigenvalue weighted by Crippen LogP contribution is 2.36. The Labute approximate surface area is 494 Å². The second kappa shape index (κ2) is 40.1. The molecule has 0 aliphatic carbocycles. The molecule has 0 amide bonds. The standard InChI is InChI=1S/C16H32N2.C12H25N.C11H24N2.C11H23N.C11H25N.C9H21N/c1-5-17-10-8-15(9-11-17)18-12-6-14(7-13-18)16(2,3)4;1-5-13-8-6-7-11(10-13)9-12(2,3)4;1-11(2,3)5-6-13-9-7-12(4)8-10-13;1-11(2,3)7-6-10-12-8-4-5-9-12;1-6-12(7-2)10-8-9-11(3,4)5;1-6-10(5)8-7-9(2,3)4/h14-15H,5-13H2,1-4H3;11H,5-10H2,1-4H3;5-10H2,1-4H3;4-10H2,1-3H3;6-10H2,1-5H3;6-8H2,1-5H3. The van der Waals surface area contributed by atoms with E-state index in [-0.39, 0.29) is 0 Å². The molecule has 0 aromatic rings. The lowest BCUT2D eigenvalue weighted by molar-refractivity contribution is 0.0530. The molecule has 0 aromatic heterocycles. The summed E-state index contributed by atoms with van der Waals surface area (Å²) in [6.07, 6.45) is 20.8. The zero-order chi connectivity index (χ0) is 59.8. The fourth-order valence-corrected chi connectivity index (χ4v) is 11.7. The summed E-state index contributed by atoms with van der Waals surface area (Å²) < 4.78 is 0. The van der Waals surface area contributed by atoms with Crippen LogP contribution in [-0.4, -0.2) is 197 Å². The molecule has 5 aliphatic rings. The van der Waals surface area contributed by atoms with Gasteiger partial charge in [0.15, 0.2) is 0 Å². The first-order valence-corrected chi connectivity index (χ1v) is 33.7. The molecule has 0 spiro atoms. The molecule has 5 rings (SSSR count). The Morgan fingerprint density at radius 2 is 0.885 bits per heavy atom. The van der Waals surface area contributed by atoms with Gasteiger partial charge in [0.05, 0.1) is 0 Å². The van der Waals surface area contributed by atoms with Crippen molar-refractivity contribution in [1.82, 2.24) is 39.2 Å². The highest BCUT2D eigenvalue weighted by Gasteiger charge is 2.32. The Morgan fingerprint density at radius 1 is 0.410 bits per heavy atom. The van der Waals surface area contributed by atoms with Crippen LogP contribution in [0.25, 0.3) is 0 Å². The van der Waals surface area contributed by atoms with E-state index in [4.69, 9.17) is 0 Å². The third-order valence-electron chi connectivity index (χ3n) is 17.7. The number of likely N-dealkylation sites (N-methyl/N-ethyl adjacent to an activating group) is 1. The van der Waals surface area contributed by atoms with Crippen molar-refractivity contribution in [3.05, 3.63) is 0 Å². The average Bonchev–Trinajstić information content (AvgIpc) is 3.87. The molecule has 5 fully saturated rings. The molecule has 1 atom stereocenters. The third kappa shape index (κ3) is 44.2. The summed E-state index contributed by atoms with van der Waals surface area (Å²) in [6.45, 7) is 80.1. The van der Waals surface area contributed by atoms with Crippen molar-refractivity contribution < 1.29 is 0 Å². The Kier molecular flexibility index (Phi) is 39.9. The van der Waals surface area contributed by atoms with E-state index in [1.807, 2.05) is 0 Å². The van der Waals surface area contributed by atoms with E-state index in [2.05, 4.69) is 213 Å². The van der Waals surface area contributed by atoms with Crippen molar-refractivity contribution >= 4 is 0 Å². The zero-order valence-corrected chi connectivity index (χ0v) is 58.8. The summed E-state index contributed by atoms with van der Waals surface area (Å²) in [5.41, 5.74) is 3.04. The predicted molar refractivity (Wildman–Crippen MR) is 354 cm³/mol. The molecule has 0 N–H and O–H groups in total. The van der Waals surface area contributed by atoms with Crippen molar-refractivity contribution in [1.29, 1.82) is 0 Å². The van der Waals surface area contributed by atoms with E-state index in [0.29, 0.717) is 32.5 Å². The van der Waals surface area contributed by atoms with Gasteiger partial charge in [-0.1, -0.05) is 159 Å². The number of hydrogen-bond donors (Lipinski definition) is 0. The molecule has 8 nitrogen and oxygen atoms in total. The molecular formula is C70H150N8. The first-order valence-electron chi connectivity index (χ1n) is 33.7. The Bertz CT molecular complexity index is 1340. The first-order chi connectivity index (χ1) is 36.0. The van der Waals surface area contributed by atoms with Gasteiger partial charge in [-0.05, 0) is 259 Å². The lowest BCUT2D eigenvalue weighted by Gasteiger charge is -2.44. The number of rotatable bonds is 17. The van der Waals surface area contributed by atoms with Crippen LogP contribution in [0.15, 0.2) is 0 Å². The molecule has 5 aliphatic heterocycles. The molecule has 0 radical (unpaired) electrons. The fourth-order valence-electron chi connectivity index (χ4n) is 11.7. The minimum Gasteiger partial charge on any atom is -0.307 e. The minimum atomic E-state index is 0.489. The zero-order valence-electron chi connectivity index (χ0n) is 58.8. The molecule has 8 heteroatoms. The van der Waals surface area contributed by atoms with Crippen molar-refractivity contribution in [2.45, 2.75) is 262 Å². The van der Waals surface area contributed by atoms with Gasteiger partial charge in [0.2, 0.25) is 0 Å². The van der Waals surface area contributed by atoms with Gasteiger partial charge in [-0.15, -0.1) is 0 Å². The summed E-state index contributed by atoms with van der Waals surface area (Å²) in [5.74, 6) is 1.89. The quantitative estimate of drug-likeness (QED) is 0.142. The van der Waals surface area contributed by atoms with Crippen molar-refractivity contribution in [3.63, 3.8) is 0 Å². The van der Waals surface area contributed by atoms with E-state index in [9.17, 15) is 0 Å². The van der Waals surface area contributed by atoms with Gasteiger partial charge >= 0.3 is 0 Å². The Balaban J connectivity index is 0.000000922. The minimum absolute atomic E-state index is 0.489. The van der Waals surface area contributed by atoms with Crippen LogP contribution in [0.2, 0.25) is 0 Å². The molecule has 1 unspecified atom stereocenters. The van der Waals surface area contributed by atoms with E-state index < -0.39 is 0 Å². The van der Waals surface area contributed by atoms with Gasteiger partial charge in [0.25, 0.3) is 0 Å². The van der Waals surface area contributed by atoms with Gasteiger partial charge in [-0.25, -0.2) is 0 Å². The van der Waals surface area contributed by atoms with Crippen molar-refractivity contribution in [2.75, 3.05) is 152 Å². The molecule has 78 heavy (non-hydrogen) atoms. The smallest absolute Gasteiger partial charge is 0.0120 e. The third-order valence-corrected chi connectivity index (χ3v) is 17.7. The summed E-state index contributed by atoms with van der Waals surface area (Å²) in [6, 6.07) is 0.883. The summed E-state index contributed by atoms with van der Waals surface area (Å²) in [5, 5.41) is 0. The number of nitrogens with zero attached hydrogens (tertiary/aromatic N) is 8. The monoisotopic (exact) mass is 1100 g/mol. The number of piperidine rings is 3. The largest absolute Gasteiger partial charge is 0.307 e. The highest BCUT2D eigenvalue weighted by molar-refractivity contribution is 4.86. The average molecular weight is 1100 g/mol. The fraction of sp³-hybridized carbons (Fsp3) is 1.00. The lowest BCUT2D eigenvalue weighted by atomic mass is 9.75. The van der Waals surface area contributed by atoms with Crippen LogP contribution < -0.4 is 0 Å². The van der Waals surface area contributed by atoms with Gasteiger partial charge in [0.1, 0.15) is 0 Å². The first kappa shape index (κ1) is 77.7. The Hall–Kier alpha value is -0.320. The lowest BCUT2D eigenvalue weighted by Crippen LogP contribution is -2.48. The van der Waals surface area contributed by atoms with Gasteiger partial charge in [0, 0.05) is 38.8 Å². The topological polar surface area (TPSA) is 25.9 Å². The number of piperazine rings is 1. The maximum Gasteiger partial charge on any atom is 0.0120 e. The highest BCUT2D eigenvalue weighted by atomic mass is 15.2. The van der Waals surface area contributed by atoms with Crippen LogP contribution >= 0.6 is 0 Å². The number of likely N-dealkylation sites (tertiary alicyclic amines) is 4. The van der Waals surface area contributed by atoms with Crippen molar-refractivity contribution in [2.24, 2.45) is 44.3 Å². The summed E-state index contributed by atoms with van der Waals surface area (Å²) in [4.78, 5) is 20.4. The Morgan fingerprint density at radius 3 is 1.32 bits per heavy atom. The van der Waals surface area contributed by atoms with Gasteiger partial charge in [-0.2, -0.15) is 0 Å². The molecule has 0 bridgehead atoms. The van der Waals surface area contributed by atoms with Crippen LogP contribution in [0.5, 0.6) is 0 Å². The van der Waals surface area contributed by atoms with E-state index in [1.54, 1.807) is 0 Å². The van der Waals surface area contributed by atoms with E-state index in [0.717, 1.165) is 24.4 Å². The molecule has 0 saturated carbocycles. The maximum absolute atomic E-state index is 2.79. The summed E-state index contributed by atoms with van der Waals surface area (Å²) in [7, 11) is 4.38. The van der Waals surface area contributed by atoms with Crippen LogP contribution in [0.4, 0.5) is 0 Å². The maximum atomic E-state index is 2.79. The molecule has 470 valence electrons. The second-order valence-corrected chi connectivity index (χ2v) is 32.6. The van der Waals surface area contributed by atoms with E-state index >= 15 is 0 Å². The normalized spacial score (nSPS) is 20.9. The summed E-state index contributed by atoms with van der Waals surface area (Å²) >= 11 is 0. The van der Waals surface area contributed by atoms with E-state index in [1.165, 1.54) is 227 Å². The molecule has 5 heterocycles. The van der Waals surface area contributed by atoms with Gasteiger partial charge in [-0.3, -0.25) is 0 Å². The van der Waals surface area contributed by atoms with Crippen LogP contribution in [0.1, 0.15) is 256 Å². The SMILES string of the molecule is CC(C)(C)CCCN1CCCC1.CCN(C)CCC(C)(C)C.CCN(CC)CCCC(C)(C)C.CCN1CCC(N2CCC(C(C)(C)C)CC2)CC1.CCN1CCCC(CC(C)(C)C)C1.CN1CCN(CCC(C)(C)C)CC1. The predicted octanol–water partition coefficient (Wildman–Crippen LogP) is 16.5. The molecule has 0 aromatic carbocycles. The number of hydrogen-bond acceptors (Lipinski definition) is 8. The molecular weight excluding hydrogens is 953 g/mol. The van der Waals surface area contributed by atoms with Crippen LogP contribution in [0.3, 0.4) is 0 Å². The second-order valence-electron chi connectivity index (χ2n) is 32.6. The van der Waals surface area contributed by atoms with Crippen LogP contribution in [-0.2, 0) is 0 Å². The van der Waals surface area contributed by atoms with Crippen LogP contribution in [0, 0.1) is 44.3 Å².